The highest BCUT2D eigenvalue weighted by atomic mass is 16.3. The lowest BCUT2D eigenvalue weighted by atomic mass is 9.82. The molecule has 2 heterocycles. The molecular formula is C31H39N3O5. The van der Waals surface area contributed by atoms with Crippen LogP contribution in [0.15, 0.2) is 60.7 Å². The molecule has 3 amide bonds. The molecule has 208 valence electrons. The first-order valence-corrected chi connectivity index (χ1v) is 13.8. The highest BCUT2D eigenvalue weighted by Gasteiger charge is 2.51. The molecule has 2 aromatic carbocycles. The van der Waals surface area contributed by atoms with E-state index >= 15 is 0 Å². The first-order valence-electron chi connectivity index (χ1n) is 13.8. The Bertz CT molecular complexity index is 1210. The Kier molecular flexibility index (Phi) is 9.20. The minimum atomic E-state index is -1.82. The van der Waals surface area contributed by atoms with Crippen LogP contribution in [0.4, 0.5) is 11.4 Å². The summed E-state index contributed by atoms with van der Waals surface area (Å²) in [6, 6.07) is 15.0. The van der Waals surface area contributed by atoms with Crippen LogP contribution in [0.3, 0.4) is 0 Å². The molecule has 1 fully saturated rings. The topological polar surface area (TPSA) is 101 Å². The minimum Gasteiger partial charge on any atom is -0.395 e. The van der Waals surface area contributed by atoms with Crippen molar-refractivity contribution < 1.29 is 24.6 Å². The second-order valence-corrected chi connectivity index (χ2v) is 10.5. The Morgan fingerprint density at radius 1 is 1.10 bits per heavy atom. The van der Waals surface area contributed by atoms with Crippen LogP contribution in [0.1, 0.15) is 56.6 Å². The van der Waals surface area contributed by atoms with Gasteiger partial charge >= 0.3 is 0 Å². The summed E-state index contributed by atoms with van der Waals surface area (Å²) in [5.41, 5.74) is 0.918. The van der Waals surface area contributed by atoms with E-state index in [-0.39, 0.29) is 31.4 Å². The van der Waals surface area contributed by atoms with Crippen molar-refractivity contribution >= 4 is 29.1 Å². The summed E-state index contributed by atoms with van der Waals surface area (Å²) in [5, 5.41) is 21.3. The van der Waals surface area contributed by atoms with Crippen molar-refractivity contribution in [2.24, 2.45) is 5.92 Å². The summed E-state index contributed by atoms with van der Waals surface area (Å²) in [6.07, 6.45) is 7.85. The number of carbonyl (C=O) groups is 3. The highest BCUT2D eigenvalue weighted by molar-refractivity contribution is 6.07. The van der Waals surface area contributed by atoms with E-state index in [0.29, 0.717) is 36.4 Å². The van der Waals surface area contributed by atoms with E-state index in [1.54, 1.807) is 48.1 Å². The molecular weight excluding hydrogens is 494 g/mol. The molecule has 2 aliphatic rings. The van der Waals surface area contributed by atoms with E-state index in [0.717, 1.165) is 31.2 Å². The molecule has 0 aromatic heterocycles. The zero-order valence-electron chi connectivity index (χ0n) is 22.9. The van der Waals surface area contributed by atoms with Gasteiger partial charge in [-0.3, -0.25) is 14.4 Å². The third-order valence-corrected chi connectivity index (χ3v) is 7.83. The number of benzene rings is 2. The summed E-state index contributed by atoms with van der Waals surface area (Å²) in [5.74, 6) is -1.16. The predicted octanol–water partition coefficient (Wildman–Crippen LogP) is 3.75. The third kappa shape index (κ3) is 6.07. The number of carbonyl (C=O) groups excluding carboxylic acids is 3. The predicted molar refractivity (Wildman–Crippen MR) is 151 cm³/mol. The van der Waals surface area contributed by atoms with Crippen LogP contribution >= 0.6 is 0 Å². The Balaban J connectivity index is 1.52. The number of hydrogen-bond donors (Lipinski definition) is 2. The Morgan fingerprint density at radius 2 is 1.85 bits per heavy atom. The molecule has 0 spiro atoms. The maximum atomic E-state index is 13.3. The lowest BCUT2D eigenvalue weighted by molar-refractivity contribution is -0.139. The van der Waals surface area contributed by atoms with Crippen molar-refractivity contribution in [3.05, 3.63) is 71.8 Å². The number of aliphatic hydroxyl groups is 2. The lowest BCUT2D eigenvalue weighted by Gasteiger charge is -2.29. The highest BCUT2D eigenvalue weighted by Crippen LogP contribution is 2.46. The number of rotatable bonds is 9. The molecule has 8 heteroatoms. The fourth-order valence-electron chi connectivity index (χ4n) is 5.50. The van der Waals surface area contributed by atoms with Crippen molar-refractivity contribution in [1.29, 1.82) is 0 Å². The fraction of sp³-hybridized carbons (Fsp3) is 0.452. The van der Waals surface area contributed by atoms with Gasteiger partial charge in [-0.1, -0.05) is 62.2 Å². The third-order valence-electron chi connectivity index (χ3n) is 7.83. The molecule has 8 nitrogen and oxygen atoms in total. The largest absolute Gasteiger partial charge is 0.395 e. The monoisotopic (exact) mass is 533 g/mol. The molecule has 2 aliphatic heterocycles. The van der Waals surface area contributed by atoms with Gasteiger partial charge in [0.2, 0.25) is 11.8 Å². The van der Waals surface area contributed by atoms with Crippen molar-refractivity contribution in [2.45, 2.75) is 57.6 Å². The number of anilines is 2. The van der Waals surface area contributed by atoms with Gasteiger partial charge in [-0.05, 0) is 36.6 Å². The molecule has 2 aromatic rings. The summed E-state index contributed by atoms with van der Waals surface area (Å²) < 4.78 is 0. The van der Waals surface area contributed by atoms with Gasteiger partial charge in [0.05, 0.1) is 12.3 Å². The summed E-state index contributed by atoms with van der Waals surface area (Å²) in [7, 11) is 1.64. The van der Waals surface area contributed by atoms with Crippen LogP contribution < -0.4 is 9.80 Å². The zero-order chi connectivity index (χ0) is 28.0. The Morgan fingerprint density at radius 3 is 2.59 bits per heavy atom. The van der Waals surface area contributed by atoms with E-state index < -0.39 is 17.4 Å². The molecule has 4 rings (SSSR count). The SMILES string of the molecule is C[C@@H](/C=C/CC(=O)N(CCO)Cc1ccccc1)[C@]1(O)C(=O)N(C)c2ccc(N3CCCCCCC3=O)cc21. The van der Waals surface area contributed by atoms with Gasteiger partial charge < -0.3 is 24.9 Å². The van der Waals surface area contributed by atoms with Crippen molar-refractivity contribution in [3.63, 3.8) is 0 Å². The van der Waals surface area contributed by atoms with Gasteiger partial charge in [0, 0.05) is 56.7 Å². The summed E-state index contributed by atoms with van der Waals surface area (Å²) in [4.78, 5) is 43.9. The zero-order valence-corrected chi connectivity index (χ0v) is 22.9. The summed E-state index contributed by atoms with van der Waals surface area (Å²) >= 11 is 0. The van der Waals surface area contributed by atoms with Gasteiger partial charge in [-0.25, -0.2) is 0 Å². The molecule has 0 unspecified atom stereocenters. The van der Waals surface area contributed by atoms with Crippen molar-refractivity contribution in [3.8, 4) is 0 Å². The van der Waals surface area contributed by atoms with Crippen LogP contribution in [0.25, 0.3) is 0 Å². The van der Waals surface area contributed by atoms with Crippen LogP contribution in [-0.4, -0.2) is 59.6 Å². The Labute approximate surface area is 230 Å². The second-order valence-electron chi connectivity index (χ2n) is 10.5. The Hall–Kier alpha value is -3.49. The average Bonchev–Trinajstić information content (AvgIpc) is 3.12. The number of aliphatic hydroxyl groups excluding tert-OH is 1. The van der Waals surface area contributed by atoms with Crippen LogP contribution in [0, 0.1) is 5.92 Å². The van der Waals surface area contributed by atoms with Crippen molar-refractivity contribution in [1.82, 2.24) is 4.90 Å². The number of nitrogens with zero attached hydrogens (tertiary/aromatic N) is 3. The van der Waals surface area contributed by atoms with Crippen molar-refractivity contribution in [2.75, 3.05) is 36.5 Å². The lowest BCUT2D eigenvalue weighted by Crippen LogP contribution is -2.43. The smallest absolute Gasteiger partial charge is 0.264 e. The number of likely N-dealkylation sites (N-methyl/N-ethyl adjacent to an activating group) is 1. The van der Waals surface area contributed by atoms with E-state index in [4.69, 9.17) is 0 Å². The van der Waals surface area contributed by atoms with E-state index in [9.17, 15) is 24.6 Å². The average molecular weight is 534 g/mol. The maximum absolute atomic E-state index is 13.3. The number of hydrogen-bond acceptors (Lipinski definition) is 5. The molecule has 0 bridgehead atoms. The molecule has 2 N–H and O–H groups in total. The quantitative estimate of drug-likeness (QED) is 0.478. The van der Waals surface area contributed by atoms with Crippen LogP contribution in [0.2, 0.25) is 0 Å². The van der Waals surface area contributed by atoms with Gasteiger partial charge in [-0.2, -0.15) is 0 Å². The van der Waals surface area contributed by atoms with Crippen LogP contribution in [-0.2, 0) is 26.5 Å². The number of amides is 3. The minimum absolute atomic E-state index is 0.0604. The molecule has 0 aliphatic carbocycles. The second kappa shape index (κ2) is 12.6. The fourth-order valence-corrected chi connectivity index (χ4v) is 5.50. The first-order chi connectivity index (χ1) is 18.8. The van der Waals surface area contributed by atoms with Gasteiger partial charge in [-0.15, -0.1) is 0 Å². The molecule has 2 atom stereocenters. The summed E-state index contributed by atoms with van der Waals surface area (Å²) in [6.45, 7) is 2.84. The van der Waals surface area contributed by atoms with Gasteiger partial charge in [0.25, 0.3) is 5.91 Å². The molecule has 0 radical (unpaired) electrons. The molecule has 1 saturated heterocycles. The van der Waals surface area contributed by atoms with E-state index in [1.165, 1.54) is 4.90 Å². The standard InChI is InChI=1S/C31H39N3O5/c1-23(11-10-15-28(36)33(19-20-35)22-24-12-6-5-7-13-24)31(39)26-21-25(16-17-27(26)32(2)30(31)38)34-18-9-4-3-8-14-29(34)37/h5-7,10-13,16-17,21,23,35,39H,3-4,8-9,14-15,18-20,22H2,1-2H3/b11-10+/t23-,31+/m0/s1. The maximum Gasteiger partial charge on any atom is 0.264 e. The van der Waals surface area contributed by atoms with E-state index in [1.807, 2.05) is 36.4 Å². The van der Waals surface area contributed by atoms with E-state index in [2.05, 4.69) is 0 Å². The molecule has 0 saturated carbocycles. The number of fused-ring (bicyclic) bond motifs is 1. The van der Waals surface area contributed by atoms with Crippen LogP contribution in [0.5, 0.6) is 0 Å². The first kappa shape index (κ1) is 28.5. The van der Waals surface area contributed by atoms with Gasteiger partial charge in [0.15, 0.2) is 5.60 Å². The van der Waals surface area contributed by atoms with Gasteiger partial charge in [0.1, 0.15) is 0 Å². The molecule has 39 heavy (non-hydrogen) atoms. The normalized spacial score (nSPS) is 20.6.